The van der Waals surface area contributed by atoms with Crippen molar-refractivity contribution >= 4 is 22.7 Å². The number of benzene rings is 2. The molecule has 0 fully saturated rings. The van der Waals surface area contributed by atoms with Crippen LogP contribution in [0.25, 0.3) is 10.9 Å². The minimum atomic E-state index is -1.10. The molecule has 162 valence electrons. The zero-order valence-corrected chi connectivity index (χ0v) is 17.4. The summed E-state index contributed by atoms with van der Waals surface area (Å²) >= 11 is 0. The Balaban J connectivity index is 1.88. The molecule has 0 radical (unpaired) electrons. The summed E-state index contributed by atoms with van der Waals surface area (Å²) in [7, 11) is 0. The van der Waals surface area contributed by atoms with E-state index in [1.165, 1.54) is 4.57 Å². The number of para-hydroxylation sites is 1. The molecule has 4 rings (SSSR count). The molecule has 0 aliphatic carbocycles. The van der Waals surface area contributed by atoms with Gasteiger partial charge in [-0.15, -0.1) is 0 Å². The molecule has 0 atom stereocenters. The van der Waals surface area contributed by atoms with Crippen LogP contribution in [0.5, 0.6) is 0 Å². The number of carboxylic acid groups (broad SMARTS) is 1. The quantitative estimate of drug-likeness (QED) is 0.483. The van der Waals surface area contributed by atoms with Gasteiger partial charge in [0.2, 0.25) is 5.62 Å². The second-order valence-electron chi connectivity index (χ2n) is 7.38. The van der Waals surface area contributed by atoms with Gasteiger partial charge >= 0.3 is 17.3 Å². The van der Waals surface area contributed by atoms with Crippen LogP contribution in [0, 0.1) is 6.92 Å². The number of aryl methyl sites for hydroxylation is 1. The minimum Gasteiger partial charge on any atom is -0.481 e. The van der Waals surface area contributed by atoms with E-state index in [1.54, 1.807) is 6.07 Å². The van der Waals surface area contributed by atoms with Gasteiger partial charge in [0, 0.05) is 11.9 Å². The molecule has 9 heteroatoms. The summed E-state index contributed by atoms with van der Waals surface area (Å²) in [5.41, 5.74) is 1.30. The zero-order valence-electron chi connectivity index (χ0n) is 17.4. The average molecular weight is 431 g/mol. The third kappa shape index (κ3) is 4.56. The van der Waals surface area contributed by atoms with Crippen LogP contribution in [0.4, 0.5) is 5.82 Å². The number of aliphatic carboxylic acids is 1. The lowest BCUT2D eigenvalue weighted by atomic mass is 10.1. The Hall–Kier alpha value is -4.27. The number of carboxylic acids is 1. The van der Waals surface area contributed by atoms with E-state index in [0.717, 1.165) is 26.6 Å². The summed E-state index contributed by atoms with van der Waals surface area (Å²) in [6, 6.07) is 18.7. The molecule has 9 nitrogen and oxygen atoms in total. The van der Waals surface area contributed by atoms with Gasteiger partial charge < -0.3 is 5.11 Å². The summed E-state index contributed by atoms with van der Waals surface area (Å²) < 4.78 is 2.18. The Bertz CT molecular complexity index is 1480. The largest absolute Gasteiger partial charge is 0.481 e. The van der Waals surface area contributed by atoms with Crippen LogP contribution in [-0.2, 0) is 17.9 Å². The van der Waals surface area contributed by atoms with Crippen LogP contribution in [0.15, 0.2) is 75.2 Å². The van der Waals surface area contributed by atoms with Crippen LogP contribution in [0.3, 0.4) is 0 Å². The third-order valence-corrected chi connectivity index (χ3v) is 5.00. The Labute approximate surface area is 182 Å². The molecular weight excluding hydrogens is 410 g/mol. The molecule has 0 aliphatic rings. The van der Waals surface area contributed by atoms with Gasteiger partial charge in [-0.25, -0.2) is 19.1 Å². The summed E-state index contributed by atoms with van der Waals surface area (Å²) in [5.74, 6) is -0.768. The number of nitrogens with one attached hydrogen (secondary N) is 1. The molecule has 2 N–H and O–H groups in total. The predicted molar refractivity (Wildman–Crippen MR) is 119 cm³/mol. The lowest BCUT2D eigenvalue weighted by Gasteiger charge is -2.11. The molecule has 2 aromatic heterocycles. The van der Waals surface area contributed by atoms with Crippen molar-refractivity contribution in [2.24, 2.45) is 4.99 Å². The summed E-state index contributed by atoms with van der Waals surface area (Å²) in [4.78, 5) is 48.2. The van der Waals surface area contributed by atoms with Crippen molar-refractivity contribution in [2.75, 3.05) is 0 Å². The SMILES string of the molecule is Cc1ccc(Cn2c(=O)n(CCC(=O)O)c(=O)[nH]/c2=N\c2ccc3ccccc3n2)cc1. The molecule has 2 aromatic carbocycles. The van der Waals surface area contributed by atoms with Crippen molar-refractivity contribution in [3.05, 3.63) is 98.4 Å². The van der Waals surface area contributed by atoms with Crippen molar-refractivity contribution in [1.82, 2.24) is 19.1 Å². The van der Waals surface area contributed by atoms with Crippen LogP contribution < -0.4 is 17.0 Å². The number of rotatable bonds is 6. The van der Waals surface area contributed by atoms with Crippen LogP contribution in [-0.4, -0.2) is 30.2 Å². The minimum absolute atomic E-state index is 0.0370. The molecule has 32 heavy (non-hydrogen) atoms. The van der Waals surface area contributed by atoms with Gasteiger partial charge in [0.15, 0.2) is 5.82 Å². The molecule has 0 saturated heterocycles. The first-order valence-corrected chi connectivity index (χ1v) is 10.0. The van der Waals surface area contributed by atoms with E-state index in [1.807, 2.05) is 61.5 Å². The lowest BCUT2D eigenvalue weighted by Crippen LogP contribution is -2.50. The molecule has 2 heterocycles. The highest BCUT2D eigenvalue weighted by Crippen LogP contribution is 2.15. The fourth-order valence-corrected chi connectivity index (χ4v) is 3.29. The maximum atomic E-state index is 13.1. The lowest BCUT2D eigenvalue weighted by molar-refractivity contribution is -0.137. The van der Waals surface area contributed by atoms with E-state index >= 15 is 0 Å². The van der Waals surface area contributed by atoms with E-state index in [9.17, 15) is 14.4 Å². The van der Waals surface area contributed by atoms with Gasteiger partial charge in [-0.3, -0.25) is 14.3 Å². The van der Waals surface area contributed by atoms with Crippen molar-refractivity contribution in [2.45, 2.75) is 26.4 Å². The summed E-state index contributed by atoms with van der Waals surface area (Å²) in [6.45, 7) is 1.86. The van der Waals surface area contributed by atoms with E-state index < -0.39 is 17.3 Å². The number of aromatic nitrogens is 4. The third-order valence-electron chi connectivity index (χ3n) is 5.00. The smallest absolute Gasteiger partial charge is 0.335 e. The number of hydrogen-bond donors (Lipinski definition) is 2. The van der Waals surface area contributed by atoms with Crippen LogP contribution in [0.2, 0.25) is 0 Å². The van der Waals surface area contributed by atoms with Gasteiger partial charge in [0.05, 0.1) is 18.5 Å². The van der Waals surface area contributed by atoms with Crippen molar-refractivity contribution < 1.29 is 9.90 Å². The number of fused-ring (bicyclic) bond motifs is 1. The maximum absolute atomic E-state index is 13.1. The first-order chi connectivity index (χ1) is 15.4. The molecule has 0 amide bonds. The second kappa shape index (κ2) is 8.84. The normalized spacial score (nSPS) is 11.7. The Morgan fingerprint density at radius 2 is 1.78 bits per heavy atom. The van der Waals surface area contributed by atoms with Crippen LogP contribution in [0.1, 0.15) is 17.5 Å². The van der Waals surface area contributed by atoms with E-state index in [2.05, 4.69) is 15.0 Å². The fourth-order valence-electron chi connectivity index (χ4n) is 3.29. The molecule has 0 unspecified atom stereocenters. The Morgan fingerprint density at radius 3 is 2.53 bits per heavy atom. The van der Waals surface area contributed by atoms with Crippen molar-refractivity contribution in [1.29, 1.82) is 0 Å². The standard InChI is InChI=1S/C23H21N5O4/c1-15-6-8-16(9-7-15)14-28-21(26-22(31)27(23(28)32)13-12-20(29)30)25-19-11-10-17-4-2-3-5-18(17)24-19/h2-11H,12-14H2,1H3,(H,29,30)(H,24,25,26,31). The highest BCUT2D eigenvalue weighted by Gasteiger charge is 2.11. The monoisotopic (exact) mass is 431 g/mol. The second-order valence-corrected chi connectivity index (χ2v) is 7.38. The number of nitrogens with zero attached hydrogens (tertiary/aromatic N) is 4. The predicted octanol–water partition coefficient (Wildman–Crippen LogP) is 1.95. The first-order valence-electron chi connectivity index (χ1n) is 10.0. The summed E-state index contributed by atoms with van der Waals surface area (Å²) in [5, 5.41) is 9.90. The van der Waals surface area contributed by atoms with Gasteiger partial charge in [0.25, 0.3) is 0 Å². The average Bonchev–Trinajstić information content (AvgIpc) is 2.77. The van der Waals surface area contributed by atoms with Gasteiger partial charge in [0.1, 0.15) is 0 Å². The van der Waals surface area contributed by atoms with Crippen molar-refractivity contribution in [3.8, 4) is 0 Å². The van der Waals surface area contributed by atoms with Gasteiger partial charge in [-0.2, -0.15) is 4.99 Å². The maximum Gasteiger partial charge on any atom is 0.335 e. The number of hydrogen-bond acceptors (Lipinski definition) is 5. The Kier molecular flexibility index (Phi) is 5.80. The molecule has 4 aromatic rings. The molecular formula is C23H21N5O4. The number of aromatic amines is 1. The molecule has 0 aliphatic heterocycles. The number of pyridine rings is 1. The highest BCUT2D eigenvalue weighted by molar-refractivity contribution is 5.79. The van der Waals surface area contributed by atoms with Crippen LogP contribution >= 0.6 is 0 Å². The molecule has 0 bridgehead atoms. The molecule has 0 saturated carbocycles. The number of H-pyrrole nitrogens is 1. The van der Waals surface area contributed by atoms with Gasteiger partial charge in [-0.05, 0) is 30.7 Å². The van der Waals surface area contributed by atoms with E-state index in [-0.39, 0.29) is 25.1 Å². The Morgan fingerprint density at radius 1 is 1.03 bits per heavy atom. The van der Waals surface area contributed by atoms with E-state index in [4.69, 9.17) is 5.11 Å². The number of carbonyl (C=O) groups is 1. The first kappa shape index (κ1) is 21.0. The molecule has 0 spiro atoms. The summed E-state index contributed by atoms with van der Waals surface area (Å²) in [6.07, 6.45) is -0.351. The van der Waals surface area contributed by atoms with E-state index in [0.29, 0.717) is 5.82 Å². The van der Waals surface area contributed by atoms with Crippen molar-refractivity contribution in [3.63, 3.8) is 0 Å². The topological polar surface area (TPSA) is 122 Å². The zero-order chi connectivity index (χ0) is 22.7. The van der Waals surface area contributed by atoms with Gasteiger partial charge in [-0.1, -0.05) is 48.0 Å². The fraction of sp³-hybridized carbons (Fsp3) is 0.174. The highest BCUT2D eigenvalue weighted by atomic mass is 16.4.